The van der Waals surface area contributed by atoms with Crippen LogP contribution in [-0.4, -0.2) is 63.0 Å². The first-order chi connectivity index (χ1) is 14.1. The van der Waals surface area contributed by atoms with Gasteiger partial charge in [-0.3, -0.25) is 29.3 Å². The molecule has 31 heavy (non-hydrogen) atoms. The van der Waals surface area contributed by atoms with Crippen LogP contribution in [0.25, 0.3) is 0 Å². The Kier molecular flexibility index (Phi) is 8.36. The molecule has 0 aliphatic heterocycles. The fraction of sp³-hybridized carbons (Fsp3) is 0.762. The molecule has 10 nitrogen and oxygen atoms in total. The summed E-state index contributed by atoms with van der Waals surface area (Å²) >= 11 is 0. The first kappa shape index (κ1) is 26.5. The highest BCUT2D eigenvalue weighted by Gasteiger charge is 2.64. The zero-order chi connectivity index (χ0) is 24.3. The molecule has 0 aromatic heterocycles. The van der Waals surface area contributed by atoms with Crippen LogP contribution in [0.3, 0.4) is 0 Å². The van der Waals surface area contributed by atoms with Gasteiger partial charge in [-0.25, -0.2) is 0 Å². The van der Waals surface area contributed by atoms with Crippen LogP contribution in [-0.2, 0) is 24.0 Å². The van der Waals surface area contributed by atoms with Crippen molar-refractivity contribution in [3.8, 4) is 0 Å². The molecule has 0 heterocycles. The largest absolute Gasteiger partial charge is 0.481 e. The summed E-state index contributed by atoms with van der Waals surface area (Å²) in [4.78, 5) is 60.9. The van der Waals surface area contributed by atoms with Crippen molar-refractivity contribution in [1.29, 1.82) is 0 Å². The Morgan fingerprint density at radius 3 is 1.68 bits per heavy atom. The predicted octanol–water partition coefficient (Wildman–Crippen LogP) is 0.987. The van der Waals surface area contributed by atoms with E-state index in [2.05, 4.69) is 10.6 Å². The lowest BCUT2D eigenvalue weighted by Gasteiger charge is -2.48. The van der Waals surface area contributed by atoms with Crippen molar-refractivity contribution in [1.82, 2.24) is 10.6 Å². The van der Waals surface area contributed by atoms with Crippen LogP contribution in [0, 0.1) is 29.1 Å². The molecule has 0 radical (unpaired) electrons. The average Bonchev–Trinajstić information content (AvgIpc) is 2.63. The quantitative estimate of drug-likeness (QED) is 0.296. The zero-order valence-electron chi connectivity index (χ0n) is 18.9. The number of hydrogen-bond donors (Lipinski definition) is 5. The summed E-state index contributed by atoms with van der Waals surface area (Å²) in [7, 11) is 0. The van der Waals surface area contributed by atoms with E-state index in [-0.39, 0.29) is 6.54 Å². The van der Waals surface area contributed by atoms with E-state index in [1.165, 1.54) is 0 Å². The van der Waals surface area contributed by atoms with Gasteiger partial charge >= 0.3 is 17.9 Å². The Balaban J connectivity index is 3.14. The predicted molar refractivity (Wildman–Crippen MR) is 110 cm³/mol. The van der Waals surface area contributed by atoms with Crippen LogP contribution < -0.4 is 10.6 Å². The van der Waals surface area contributed by atoms with Crippen molar-refractivity contribution in [2.45, 2.75) is 66.0 Å². The minimum Gasteiger partial charge on any atom is -0.481 e. The Hall–Kier alpha value is -2.49. The lowest BCUT2D eigenvalue weighted by molar-refractivity contribution is -0.183. The van der Waals surface area contributed by atoms with E-state index in [9.17, 15) is 39.3 Å². The second-order valence-corrected chi connectivity index (χ2v) is 9.40. The lowest BCUT2D eigenvalue weighted by Crippen LogP contribution is -2.64. The van der Waals surface area contributed by atoms with Gasteiger partial charge in [0.1, 0.15) is 11.8 Å². The molecule has 5 atom stereocenters. The molecule has 0 aromatic carbocycles. The molecule has 0 aromatic rings. The van der Waals surface area contributed by atoms with Crippen molar-refractivity contribution in [2.24, 2.45) is 29.1 Å². The third-order valence-corrected chi connectivity index (χ3v) is 6.50. The van der Waals surface area contributed by atoms with Gasteiger partial charge in [0, 0.05) is 23.4 Å². The Morgan fingerprint density at radius 2 is 1.29 bits per heavy atom. The van der Waals surface area contributed by atoms with E-state index in [1.54, 1.807) is 34.6 Å². The van der Waals surface area contributed by atoms with Crippen molar-refractivity contribution < 1.29 is 39.3 Å². The van der Waals surface area contributed by atoms with Gasteiger partial charge in [-0.05, 0) is 26.7 Å². The SMILES string of the molecule is CCC(C)(C)NC(CNC(=O)C1C(C(=O)O)C(C(=O)O)C1C(=O)C(C)(C)CC)C(=O)O. The Bertz CT molecular complexity index is 746. The number of carboxylic acid groups (broad SMARTS) is 3. The molecule has 10 heteroatoms. The van der Waals surface area contributed by atoms with Gasteiger partial charge in [0.05, 0.1) is 17.8 Å². The molecule has 5 N–H and O–H groups in total. The standard InChI is InChI=1S/C21H34N2O8/c1-7-20(3,4)15(24)11-12(14(19(30)31)13(11)18(28)29)16(25)22-9-10(17(26)27)23-21(5,6)8-2/h10-14,23H,7-9H2,1-6H3,(H,22,25)(H,26,27)(H,28,29)(H,30,31). The molecule has 1 rings (SSSR count). The van der Waals surface area contributed by atoms with Crippen LogP contribution in [0.5, 0.6) is 0 Å². The zero-order valence-corrected chi connectivity index (χ0v) is 18.9. The van der Waals surface area contributed by atoms with E-state index < -0.39 is 70.3 Å². The van der Waals surface area contributed by atoms with Gasteiger partial charge in [0.25, 0.3) is 0 Å². The van der Waals surface area contributed by atoms with Gasteiger partial charge in [-0.1, -0.05) is 27.7 Å². The molecule has 1 amide bonds. The summed E-state index contributed by atoms with van der Waals surface area (Å²) in [6, 6.07) is -1.14. The number of nitrogens with one attached hydrogen (secondary N) is 2. The number of amides is 1. The first-order valence-corrected chi connectivity index (χ1v) is 10.4. The molecule has 1 aliphatic rings. The fourth-order valence-electron chi connectivity index (χ4n) is 3.73. The molecule has 0 bridgehead atoms. The number of carbonyl (C=O) groups is 5. The topological polar surface area (TPSA) is 170 Å². The van der Waals surface area contributed by atoms with Crippen LogP contribution in [0.15, 0.2) is 0 Å². The Morgan fingerprint density at radius 1 is 0.806 bits per heavy atom. The molecular formula is C21H34N2O8. The van der Waals surface area contributed by atoms with Crippen molar-refractivity contribution in [3.63, 3.8) is 0 Å². The second-order valence-electron chi connectivity index (χ2n) is 9.40. The number of rotatable bonds is 12. The number of carboxylic acids is 3. The fourth-order valence-corrected chi connectivity index (χ4v) is 3.73. The number of ketones is 1. The monoisotopic (exact) mass is 442 g/mol. The van der Waals surface area contributed by atoms with Crippen LogP contribution in [0.2, 0.25) is 0 Å². The number of aliphatic carboxylic acids is 3. The lowest BCUT2D eigenvalue weighted by atomic mass is 9.52. The third-order valence-electron chi connectivity index (χ3n) is 6.50. The first-order valence-electron chi connectivity index (χ1n) is 10.4. The summed E-state index contributed by atoms with van der Waals surface area (Å²) in [5, 5.41) is 33.8. The molecular weight excluding hydrogens is 408 g/mol. The van der Waals surface area contributed by atoms with Crippen LogP contribution in [0.1, 0.15) is 54.4 Å². The highest BCUT2D eigenvalue weighted by Crippen LogP contribution is 2.50. The normalized spacial score (nSPS) is 24.6. The van der Waals surface area contributed by atoms with Gasteiger partial charge in [-0.15, -0.1) is 0 Å². The summed E-state index contributed by atoms with van der Waals surface area (Å²) in [6.07, 6.45) is 1.01. The van der Waals surface area contributed by atoms with E-state index in [0.29, 0.717) is 12.8 Å². The van der Waals surface area contributed by atoms with E-state index in [4.69, 9.17) is 0 Å². The van der Waals surface area contributed by atoms with E-state index >= 15 is 0 Å². The van der Waals surface area contributed by atoms with Gasteiger partial charge < -0.3 is 20.6 Å². The van der Waals surface area contributed by atoms with Gasteiger partial charge in [0.2, 0.25) is 5.91 Å². The molecule has 176 valence electrons. The third kappa shape index (κ3) is 5.81. The summed E-state index contributed by atoms with van der Waals surface area (Å²) in [6.45, 7) is 10.1. The number of carbonyl (C=O) groups excluding carboxylic acids is 2. The molecule has 0 saturated heterocycles. The summed E-state index contributed by atoms with van der Waals surface area (Å²) < 4.78 is 0. The smallest absolute Gasteiger partial charge is 0.322 e. The number of Topliss-reactive ketones (excluding diaryl/α,β-unsaturated/α-hetero) is 1. The summed E-state index contributed by atoms with van der Waals surface area (Å²) in [5.74, 6) is -11.2. The van der Waals surface area contributed by atoms with Crippen molar-refractivity contribution in [2.75, 3.05) is 6.54 Å². The van der Waals surface area contributed by atoms with E-state index in [0.717, 1.165) is 0 Å². The maximum Gasteiger partial charge on any atom is 0.322 e. The van der Waals surface area contributed by atoms with Gasteiger partial charge in [0.15, 0.2) is 0 Å². The van der Waals surface area contributed by atoms with E-state index in [1.807, 2.05) is 6.92 Å². The maximum atomic E-state index is 13.0. The number of hydrogen-bond acceptors (Lipinski definition) is 6. The molecule has 5 unspecified atom stereocenters. The maximum absolute atomic E-state index is 13.0. The molecule has 0 spiro atoms. The Labute approximate surface area is 181 Å². The van der Waals surface area contributed by atoms with Crippen LogP contribution >= 0.6 is 0 Å². The van der Waals surface area contributed by atoms with Crippen molar-refractivity contribution >= 4 is 29.6 Å². The molecule has 1 fully saturated rings. The second kappa shape index (κ2) is 9.76. The highest BCUT2D eigenvalue weighted by atomic mass is 16.4. The highest BCUT2D eigenvalue weighted by molar-refractivity contribution is 6.01. The molecule has 1 saturated carbocycles. The van der Waals surface area contributed by atoms with Crippen LogP contribution in [0.4, 0.5) is 0 Å². The minimum absolute atomic E-state index is 0.337. The van der Waals surface area contributed by atoms with Gasteiger partial charge in [-0.2, -0.15) is 0 Å². The van der Waals surface area contributed by atoms with Crippen molar-refractivity contribution in [3.05, 3.63) is 0 Å². The summed E-state index contributed by atoms with van der Waals surface area (Å²) in [5.41, 5.74) is -1.46. The average molecular weight is 443 g/mol. The minimum atomic E-state index is -1.57. The molecule has 1 aliphatic carbocycles.